The highest BCUT2D eigenvalue weighted by Gasteiger charge is 2.29. The average Bonchev–Trinajstić information content (AvgIpc) is 2.65. The van der Waals surface area contributed by atoms with Gasteiger partial charge < -0.3 is 9.47 Å². The summed E-state index contributed by atoms with van der Waals surface area (Å²) in [6, 6.07) is 9.28. The number of nitrogens with zero attached hydrogens (tertiary/aromatic N) is 1. The number of hydrogen-bond acceptors (Lipinski definition) is 3. The third-order valence-electron chi connectivity index (χ3n) is 4.62. The SMILES string of the molecule is CCOc1cc2c(cc1OC)CCN=C2CCc1ccc(C(F)(F)F)cc1. The van der Waals surface area contributed by atoms with Gasteiger partial charge in [-0.1, -0.05) is 12.1 Å². The quantitative estimate of drug-likeness (QED) is 0.702. The molecule has 3 nitrogen and oxygen atoms in total. The van der Waals surface area contributed by atoms with E-state index in [1.54, 1.807) is 7.11 Å². The van der Waals surface area contributed by atoms with Crippen LogP contribution in [0.15, 0.2) is 41.4 Å². The van der Waals surface area contributed by atoms with E-state index in [0.29, 0.717) is 37.5 Å². The standard InChI is InChI=1S/C21H22F3NO2/c1-3-27-20-13-17-15(12-19(20)26-2)10-11-25-18(17)9-6-14-4-7-16(8-5-14)21(22,23)24/h4-5,7-8,12-13H,3,6,9-11H2,1-2H3. The molecule has 0 saturated carbocycles. The normalized spacial score (nSPS) is 13.7. The predicted octanol–water partition coefficient (Wildman–Crippen LogP) is 5.09. The minimum Gasteiger partial charge on any atom is -0.493 e. The zero-order valence-electron chi connectivity index (χ0n) is 15.4. The first-order valence-electron chi connectivity index (χ1n) is 8.96. The molecule has 0 fully saturated rings. The minimum absolute atomic E-state index is 0.535. The Morgan fingerprint density at radius 3 is 2.41 bits per heavy atom. The first kappa shape index (κ1) is 19.3. The average molecular weight is 377 g/mol. The first-order valence-corrected chi connectivity index (χ1v) is 8.96. The van der Waals surface area contributed by atoms with Crippen molar-refractivity contribution in [1.82, 2.24) is 0 Å². The van der Waals surface area contributed by atoms with Crippen molar-refractivity contribution in [3.8, 4) is 11.5 Å². The third kappa shape index (κ3) is 4.43. The molecule has 1 aliphatic heterocycles. The Kier molecular flexibility index (Phi) is 5.73. The number of aryl methyl sites for hydroxylation is 1. The fourth-order valence-electron chi connectivity index (χ4n) is 3.24. The van der Waals surface area contributed by atoms with Crippen LogP contribution in [0.2, 0.25) is 0 Å². The maximum Gasteiger partial charge on any atom is 0.416 e. The molecule has 0 aromatic heterocycles. The molecule has 2 aromatic rings. The van der Waals surface area contributed by atoms with Gasteiger partial charge in [0.2, 0.25) is 0 Å². The molecular weight excluding hydrogens is 355 g/mol. The highest BCUT2D eigenvalue weighted by Crippen LogP contribution is 2.34. The number of methoxy groups -OCH3 is 1. The van der Waals surface area contributed by atoms with Crippen LogP contribution in [0, 0.1) is 0 Å². The van der Waals surface area contributed by atoms with Gasteiger partial charge in [0.1, 0.15) is 0 Å². The Morgan fingerprint density at radius 2 is 1.78 bits per heavy atom. The van der Waals surface area contributed by atoms with Crippen LogP contribution in [0.1, 0.15) is 35.6 Å². The highest BCUT2D eigenvalue weighted by atomic mass is 19.4. The van der Waals surface area contributed by atoms with E-state index < -0.39 is 11.7 Å². The molecule has 1 heterocycles. The van der Waals surface area contributed by atoms with Crippen LogP contribution in [0.5, 0.6) is 11.5 Å². The van der Waals surface area contributed by atoms with Crippen LogP contribution >= 0.6 is 0 Å². The minimum atomic E-state index is -4.31. The number of rotatable bonds is 6. The fourth-order valence-corrected chi connectivity index (χ4v) is 3.24. The van der Waals surface area contributed by atoms with Crippen molar-refractivity contribution in [1.29, 1.82) is 0 Å². The fraction of sp³-hybridized carbons (Fsp3) is 0.381. The molecule has 144 valence electrons. The van der Waals surface area contributed by atoms with Gasteiger partial charge in [0.05, 0.1) is 19.3 Å². The van der Waals surface area contributed by atoms with E-state index in [-0.39, 0.29) is 0 Å². The van der Waals surface area contributed by atoms with Crippen molar-refractivity contribution in [3.63, 3.8) is 0 Å². The van der Waals surface area contributed by atoms with Crippen molar-refractivity contribution in [2.24, 2.45) is 4.99 Å². The molecule has 0 spiro atoms. The Balaban J connectivity index is 1.77. The van der Waals surface area contributed by atoms with Crippen LogP contribution < -0.4 is 9.47 Å². The second-order valence-corrected chi connectivity index (χ2v) is 6.37. The van der Waals surface area contributed by atoms with Gasteiger partial charge in [-0.2, -0.15) is 13.2 Å². The monoisotopic (exact) mass is 377 g/mol. The molecule has 0 bridgehead atoms. The zero-order chi connectivity index (χ0) is 19.4. The number of fused-ring (bicyclic) bond motifs is 1. The van der Waals surface area contributed by atoms with Crippen molar-refractivity contribution >= 4 is 5.71 Å². The molecule has 0 atom stereocenters. The molecule has 2 aromatic carbocycles. The Labute approximate surface area is 156 Å². The molecule has 0 N–H and O–H groups in total. The Bertz CT molecular complexity index is 827. The third-order valence-corrected chi connectivity index (χ3v) is 4.62. The van der Waals surface area contributed by atoms with Crippen molar-refractivity contribution in [2.45, 2.75) is 32.4 Å². The van der Waals surface area contributed by atoms with E-state index in [2.05, 4.69) is 4.99 Å². The van der Waals surface area contributed by atoms with Crippen LogP contribution in [0.3, 0.4) is 0 Å². The van der Waals surface area contributed by atoms with E-state index in [1.807, 2.05) is 19.1 Å². The first-order chi connectivity index (χ1) is 12.9. The maximum atomic E-state index is 12.7. The number of halogens is 3. The Morgan fingerprint density at radius 1 is 1.04 bits per heavy atom. The zero-order valence-corrected chi connectivity index (χ0v) is 15.4. The van der Waals surface area contributed by atoms with Crippen LogP contribution in [-0.4, -0.2) is 26.0 Å². The lowest BCUT2D eigenvalue weighted by Gasteiger charge is -2.20. The second-order valence-electron chi connectivity index (χ2n) is 6.37. The summed E-state index contributed by atoms with van der Waals surface area (Å²) in [5.41, 5.74) is 3.39. The smallest absolute Gasteiger partial charge is 0.416 e. The summed E-state index contributed by atoms with van der Waals surface area (Å²) in [5, 5.41) is 0. The van der Waals surface area contributed by atoms with Gasteiger partial charge >= 0.3 is 6.18 Å². The summed E-state index contributed by atoms with van der Waals surface area (Å²) in [4.78, 5) is 4.64. The number of benzene rings is 2. The molecule has 27 heavy (non-hydrogen) atoms. The molecule has 0 unspecified atom stereocenters. The largest absolute Gasteiger partial charge is 0.493 e. The van der Waals surface area contributed by atoms with E-state index in [0.717, 1.165) is 41.0 Å². The molecule has 0 radical (unpaired) electrons. The van der Waals surface area contributed by atoms with Gasteiger partial charge in [0, 0.05) is 17.8 Å². The highest BCUT2D eigenvalue weighted by molar-refractivity contribution is 6.03. The van der Waals surface area contributed by atoms with Crippen LogP contribution in [0.4, 0.5) is 13.2 Å². The van der Waals surface area contributed by atoms with E-state index in [4.69, 9.17) is 9.47 Å². The van der Waals surface area contributed by atoms with E-state index >= 15 is 0 Å². The lowest BCUT2D eigenvalue weighted by Crippen LogP contribution is -2.15. The molecule has 3 rings (SSSR count). The summed E-state index contributed by atoms with van der Waals surface area (Å²) in [7, 11) is 1.62. The van der Waals surface area contributed by atoms with Gasteiger partial charge in [-0.3, -0.25) is 4.99 Å². The molecule has 0 amide bonds. The molecular formula is C21H22F3NO2. The number of ether oxygens (including phenoxy) is 2. The van der Waals surface area contributed by atoms with Gasteiger partial charge in [-0.25, -0.2) is 0 Å². The van der Waals surface area contributed by atoms with Crippen LogP contribution in [-0.2, 0) is 19.0 Å². The lowest BCUT2D eigenvalue weighted by molar-refractivity contribution is -0.137. The van der Waals surface area contributed by atoms with Gasteiger partial charge in [-0.05, 0) is 61.6 Å². The Hall–Kier alpha value is -2.50. The summed E-state index contributed by atoms with van der Waals surface area (Å²) < 4.78 is 49.1. The number of aliphatic imine (C=N–C) groups is 1. The summed E-state index contributed by atoms with van der Waals surface area (Å²) in [6.45, 7) is 3.15. The second kappa shape index (κ2) is 8.03. The molecule has 0 saturated heterocycles. The van der Waals surface area contributed by atoms with Crippen molar-refractivity contribution < 1.29 is 22.6 Å². The summed E-state index contributed by atoms with van der Waals surface area (Å²) >= 11 is 0. The topological polar surface area (TPSA) is 30.8 Å². The summed E-state index contributed by atoms with van der Waals surface area (Å²) in [5.74, 6) is 1.39. The van der Waals surface area contributed by atoms with Gasteiger partial charge in [-0.15, -0.1) is 0 Å². The molecule has 1 aliphatic rings. The van der Waals surface area contributed by atoms with Gasteiger partial charge in [0.25, 0.3) is 0 Å². The predicted molar refractivity (Wildman–Crippen MR) is 99.0 cm³/mol. The van der Waals surface area contributed by atoms with Crippen molar-refractivity contribution in [2.75, 3.05) is 20.3 Å². The number of alkyl halides is 3. The van der Waals surface area contributed by atoms with E-state index in [1.165, 1.54) is 12.1 Å². The molecule has 6 heteroatoms. The van der Waals surface area contributed by atoms with Crippen LogP contribution in [0.25, 0.3) is 0 Å². The summed E-state index contributed by atoms with van der Waals surface area (Å²) in [6.07, 6.45) is -2.18. The maximum absolute atomic E-state index is 12.7. The van der Waals surface area contributed by atoms with Gasteiger partial charge in [0.15, 0.2) is 11.5 Å². The van der Waals surface area contributed by atoms with E-state index in [9.17, 15) is 13.2 Å². The van der Waals surface area contributed by atoms with Crippen molar-refractivity contribution in [3.05, 3.63) is 58.7 Å². The lowest BCUT2D eigenvalue weighted by atomic mass is 9.93. The number of hydrogen-bond donors (Lipinski definition) is 0. The molecule has 0 aliphatic carbocycles.